The Labute approximate surface area is 137 Å². The molecule has 0 fully saturated rings. The van der Waals surface area contributed by atoms with Gasteiger partial charge in [-0.25, -0.2) is 0 Å². The van der Waals surface area contributed by atoms with E-state index in [4.69, 9.17) is 0 Å². The average molecular weight is 449 g/mol. The van der Waals surface area contributed by atoms with Gasteiger partial charge in [-0.3, -0.25) is 0 Å². The van der Waals surface area contributed by atoms with Gasteiger partial charge in [0.2, 0.25) is 0 Å². The molecule has 4 aromatic rings. The van der Waals surface area contributed by atoms with Crippen LogP contribution in [0.5, 0.6) is 0 Å². The summed E-state index contributed by atoms with van der Waals surface area (Å²) in [7, 11) is 0. The van der Waals surface area contributed by atoms with Crippen molar-refractivity contribution in [3.63, 3.8) is 0 Å². The Kier molecular flexibility index (Phi) is 3.52. The molecule has 0 aliphatic heterocycles. The Hall–Kier alpha value is -1.76. The van der Waals surface area contributed by atoms with E-state index in [1.54, 1.807) is 0 Å². The van der Waals surface area contributed by atoms with Gasteiger partial charge in [0.05, 0.1) is 0 Å². The van der Waals surface area contributed by atoms with Gasteiger partial charge in [0, 0.05) is 26.3 Å². The van der Waals surface area contributed by atoms with Crippen molar-refractivity contribution in [3.05, 3.63) is 65.9 Å². The topological polar surface area (TPSA) is 12.9 Å². The van der Waals surface area contributed by atoms with Gasteiger partial charge in [0.25, 0.3) is 0 Å². The van der Waals surface area contributed by atoms with Crippen molar-refractivity contribution >= 4 is 32.4 Å². The Balaban J connectivity index is 0.00000132. The van der Waals surface area contributed by atoms with Crippen molar-refractivity contribution in [1.82, 2.24) is 4.98 Å². The SMILES string of the molecule is Cc1c[c-]c2c(ccc3c4ccccc4cnc23)c1C.[Ir]. The predicted octanol–water partition coefficient (Wildman–Crippen LogP) is 4.96. The third kappa shape index (κ3) is 2.07. The van der Waals surface area contributed by atoms with Crippen LogP contribution in [0.25, 0.3) is 32.4 Å². The largest absolute Gasteiger partial charge is 0.303 e. The third-order valence-corrected chi connectivity index (χ3v) is 4.19. The van der Waals surface area contributed by atoms with Crippen molar-refractivity contribution in [2.75, 3.05) is 0 Å². The zero-order valence-corrected chi connectivity index (χ0v) is 14.3. The molecule has 21 heavy (non-hydrogen) atoms. The molecule has 0 aliphatic carbocycles. The molecule has 2 heteroatoms. The van der Waals surface area contributed by atoms with Gasteiger partial charge >= 0.3 is 0 Å². The van der Waals surface area contributed by atoms with Crippen LogP contribution in [0.2, 0.25) is 0 Å². The maximum absolute atomic E-state index is 4.68. The number of fused-ring (bicyclic) bond motifs is 5. The third-order valence-electron chi connectivity index (χ3n) is 4.19. The van der Waals surface area contributed by atoms with E-state index in [1.165, 1.54) is 32.7 Å². The first-order valence-electron chi connectivity index (χ1n) is 6.84. The summed E-state index contributed by atoms with van der Waals surface area (Å²) in [6, 6.07) is 18.3. The number of nitrogens with zero attached hydrogens (tertiary/aromatic N) is 1. The predicted molar refractivity (Wildman–Crippen MR) is 85.1 cm³/mol. The summed E-state index contributed by atoms with van der Waals surface area (Å²) in [5, 5.41) is 6.01. The Morgan fingerprint density at radius 1 is 0.905 bits per heavy atom. The Morgan fingerprint density at radius 3 is 2.52 bits per heavy atom. The smallest absolute Gasteiger partial charge is 0.0239 e. The molecule has 1 aromatic heterocycles. The first kappa shape index (κ1) is 14.2. The second-order valence-electron chi connectivity index (χ2n) is 5.33. The van der Waals surface area contributed by atoms with E-state index >= 15 is 0 Å². The summed E-state index contributed by atoms with van der Waals surface area (Å²) in [6.45, 7) is 4.29. The van der Waals surface area contributed by atoms with Crippen molar-refractivity contribution in [1.29, 1.82) is 0 Å². The van der Waals surface area contributed by atoms with E-state index < -0.39 is 0 Å². The van der Waals surface area contributed by atoms with Gasteiger partial charge < -0.3 is 4.98 Å². The van der Waals surface area contributed by atoms with Gasteiger partial charge in [0.15, 0.2) is 0 Å². The van der Waals surface area contributed by atoms with E-state index in [0.717, 1.165) is 10.9 Å². The minimum atomic E-state index is 0. The minimum absolute atomic E-state index is 0. The molecule has 4 rings (SSSR count). The summed E-state index contributed by atoms with van der Waals surface area (Å²) in [4.78, 5) is 4.68. The fraction of sp³-hybridized carbons (Fsp3) is 0.105. The summed E-state index contributed by atoms with van der Waals surface area (Å²) < 4.78 is 0. The molecule has 3 aromatic carbocycles. The zero-order chi connectivity index (χ0) is 13.7. The molecule has 0 spiro atoms. The first-order valence-corrected chi connectivity index (χ1v) is 6.84. The van der Waals surface area contributed by atoms with E-state index in [9.17, 15) is 0 Å². The summed E-state index contributed by atoms with van der Waals surface area (Å²) >= 11 is 0. The second-order valence-corrected chi connectivity index (χ2v) is 5.33. The number of pyridine rings is 1. The summed E-state index contributed by atoms with van der Waals surface area (Å²) in [5.41, 5.74) is 3.64. The summed E-state index contributed by atoms with van der Waals surface area (Å²) in [5.74, 6) is 0. The monoisotopic (exact) mass is 449 g/mol. The minimum Gasteiger partial charge on any atom is -0.303 e. The van der Waals surface area contributed by atoms with Gasteiger partial charge in [-0.1, -0.05) is 50.2 Å². The van der Waals surface area contributed by atoms with Crippen molar-refractivity contribution < 1.29 is 20.1 Å². The molecule has 1 heterocycles. The molecule has 0 saturated carbocycles. The molecule has 105 valence electrons. The maximum Gasteiger partial charge on any atom is 0.0239 e. The molecule has 0 aliphatic rings. The quantitative estimate of drug-likeness (QED) is 0.274. The molecule has 1 radical (unpaired) electrons. The van der Waals surface area contributed by atoms with Crippen molar-refractivity contribution in [3.8, 4) is 0 Å². The van der Waals surface area contributed by atoms with Crippen LogP contribution >= 0.6 is 0 Å². The fourth-order valence-electron chi connectivity index (χ4n) is 2.89. The number of benzene rings is 3. The van der Waals surface area contributed by atoms with Crippen LogP contribution in [0.1, 0.15) is 11.1 Å². The van der Waals surface area contributed by atoms with Crippen LogP contribution < -0.4 is 0 Å². The Morgan fingerprint density at radius 2 is 1.67 bits per heavy atom. The molecule has 1 nitrogen and oxygen atoms in total. The normalized spacial score (nSPS) is 11.0. The van der Waals surface area contributed by atoms with E-state index in [0.29, 0.717) is 0 Å². The first-order chi connectivity index (χ1) is 9.75. The van der Waals surface area contributed by atoms with Gasteiger partial charge in [-0.15, -0.1) is 34.0 Å². The van der Waals surface area contributed by atoms with E-state index in [-0.39, 0.29) is 20.1 Å². The molecule has 0 bridgehead atoms. The number of aromatic nitrogens is 1. The molecule has 0 N–H and O–H groups in total. The molecule has 0 saturated heterocycles. The standard InChI is InChI=1S/C19H14N.Ir/c1-12-7-8-17-15(13(12)2)9-10-18-16-6-4-3-5-14(16)11-20-19(17)18;/h3-7,9-11H,1-2H3;/q-1;. The van der Waals surface area contributed by atoms with Crippen molar-refractivity contribution in [2.45, 2.75) is 13.8 Å². The van der Waals surface area contributed by atoms with E-state index in [2.05, 4.69) is 67.4 Å². The van der Waals surface area contributed by atoms with E-state index in [1.807, 2.05) is 6.20 Å². The second kappa shape index (κ2) is 5.22. The van der Waals surface area contributed by atoms with Crippen LogP contribution in [0.15, 0.2) is 48.7 Å². The average Bonchev–Trinajstić information content (AvgIpc) is 2.50. The number of hydrogen-bond acceptors (Lipinski definition) is 1. The van der Waals surface area contributed by atoms with Gasteiger partial charge in [-0.05, 0) is 21.7 Å². The van der Waals surface area contributed by atoms with Crippen LogP contribution in [0.3, 0.4) is 0 Å². The molecule has 0 atom stereocenters. The zero-order valence-electron chi connectivity index (χ0n) is 11.9. The van der Waals surface area contributed by atoms with Gasteiger partial charge in [-0.2, -0.15) is 0 Å². The van der Waals surface area contributed by atoms with Crippen LogP contribution in [-0.4, -0.2) is 4.98 Å². The molecule has 0 amide bonds. The van der Waals surface area contributed by atoms with Crippen LogP contribution in [0, 0.1) is 19.9 Å². The van der Waals surface area contributed by atoms with Crippen LogP contribution in [0.4, 0.5) is 0 Å². The molecular formula is C19H14IrN-. The fourth-order valence-corrected chi connectivity index (χ4v) is 2.89. The van der Waals surface area contributed by atoms with Crippen LogP contribution in [-0.2, 0) is 20.1 Å². The molecular weight excluding hydrogens is 434 g/mol. The Bertz CT molecular complexity index is 973. The number of aryl methyl sites for hydroxylation is 2. The summed E-state index contributed by atoms with van der Waals surface area (Å²) in [6.07, 6.45) is 1.96. The van der Waals surface area contributed by atoms with Crippen molar-refractivity contribution in [2.24, 2.45) is 0 Å². The number of hydrogen-bond donors (Lipinski definition) is 0. The maximum atomic E-state index is 4.68. The van der Waals surface area contributed by atoms with Gasteiger partial charge in [0.1, 0.15) is 0 Å². The molecule has 0 unspecified atom stereocenters. The number of rotatable bonds is 0.